The third-order valence-electron chi connectivity index (χ3n) is 6.70. The van der Waals surface area contributed by atoms with E-state index >= 15 is 0 Å². The molecule has 3 aliphatic rings. The molecule has 0 bridgehead atoms. The summed E-state index contributed by atoms with van der Waals surface area (Å²) in [7, 11) is 1.85. The van der Waals surface area contributed by atoms with E-state index in [1.54, 1.807) is 0 Å². The molecule has 27 heavy (non-hydrogen) atoms. The SMILES string of the molecule is CN(C(=O)Cc1ccc(F)c(F)c1)C1CCC2(CCCO2)CC1N1CCC1. The number of benzene rings is 1. The lowest BCUT2D eigenvalue weighted by Gasteiger charge is -2.51. The van der Waals surface area contributed by atoms with Crippen molar-refractivity contribution in [3.05, 3.63) is 35.4 Å². The van der Waals surface area contributed by atoms with Gasteiger partial charge in [-0.05, 0) is 69.3 Å². The average Bonchev–Trinajstić information content (AvgIpc) is 3.04. The molecule has 1 aromatic carbocycles. The fraction of sp³-hybridized carbons (Fsp3) is 0.667. The van der Waals surface area contributed by atoms with Crippen LogP contribution >= 0.6 is 0 Å². The van der Waals surface area contributed by atoms with Crippen molar-refractivity contribution in [2.45, 2.75) is 62.6 Å². The van der Waals surface area contributed by atoms with Gasteiger partial charge < -0.3 is 9.64 Å². The molecule has 3 fully saturated rings. The molecule has 4 nitrogen and oxygen atoms in total. The normalized spacial score (nSPS) is 31.1. The molecule has 148 valence electrons. The van der Waals surface area contributed by atoms with Crippen molar-refractivity contribution in [2.75, 3.05) is 26.7 Å². The average molecular weight is 378 g/mol. The minimum Gasteiger partial charge on any atom is -0.375 e. The number of likely N-dealkylation sites (N-methyl/N-ethyl adjacent to an activating group) is 1. The smallest absolute Gasteiger partial charge is 0.227 e. The highest BCUT2D eigenvalue weighted by molar-refractivity contribution is 5.79. The van der Waals surface area contributed by atoms with Gasteiger partial charge in [0.25, 0.3) is 0 Å². The number of hydrogen-bond donors (Lipinski definition) is 0. The highest BCUT2D eigenvalue weighted by Crippen LogP contribution is 2.43. The van der Waals surface area contributed by atoms with Crippen molar-refractivity contribution in [3.63, 3.8) is 0 Å². The fourth-order valence-corrected chi connectivity index (χ4v) is 4.97. The number of carbonyl (C=O) groups excluding carboxylic acids is 1. The summed E-state index contributed by atoms with van der Waals surface area (Å²) in [6.07, 6.45) is 6.47. The van der Waals surface area contributed by atoms with Gasteiger partial charge in [-0.25, -0.2) is 8.78 Å². The Kier molecular flexibility index (Phi) is 5.21. The van der Waals surface area contributed by atoms with Crippen LogP contribution in [-0.4, -0.2) is 60.1 Å². The summed E-state index contributed by atoms with van der Waals surface area (Å²) in [5.41, 5.74) is 0.512. The molecule has 1 spiro atoms. The maximum atomic E-state index is 13.5. The predicted molar refractivity (Wildman–Crippen MR) is 98.4 cm³/mol. The van der Waals surface area contributed by atoms with E-state index in [-0.39, 0.29) is 24.0 Å². The van der Waals surface area contributed by atoms with E-state index in [1.165, 1.54) is 12.5 Å². The monoisotopic (exact) mass is 378 g/mol. The van der Waals surface area contributed by atoms with Gasteiger partial charge in [-0.1, -0.05) is 6.07 Å². The summed E-state index contributed by atoms with van der Waals surface area (Å²) in [5.74, 6) is -1.83. The Morgan fingerprint density at radius 3 is 2.70 bits per heavy atom. The van der Waals surface area contributed by atoms with Crippen molar-refractivity contribution in [3.8, 4) is 0 Å². The summed E-state index contributed by atoms with van der Waals surface area (Å²) in [6, 6.07) is 4.17. The van der Waals surface area contributed by atoms with Gasteiger partial charge >= 0.3 is 0 Å². The van der Waals surface area contributed by atoms with Crippen LogP contribution in [0.3, 0.4) is 0 Å². The van der Waals surface area contributed by atoms with Gasteiger partial charge in [0.1, 0.15) is 0 Å². The number of nitrogens with zero attached hydrogens (tertiary/aromatic N) is 2. The summed E-state index contributed by atoms with van der Waals surface area (Å²) >= 11 is 0. The van der Waals surface area contributed by atoms with Gasteiger partial charge in [-0.3, -0.25) is 9.69 Å². The summed E-state index contributed by atoms with van der Waals surface area (Å²) in [6.45, 7) is 3.02. The molecular formula is C21H28F2N2O2. The summed E-state index contributed by atoms with van der Waals surface area (Å²) in [4.78, 5) is 17.2. The van der Waals surface area contributed by atoms with Crippen LogP contribution in [0.1, 0.15) is 44.1 Å². The molecule has 6 heteroatoms. The highest BCUT2D eigenvalue weighted by atomic mass is 19.2. The second kappa shape index (κ2) is 7.47. The number of likely N-dealkylation sites (tertiary alicyclic amines) is 1. The number of amides is 1. The highest BCUT2D eigenvalue weighted by Gasteiger charge is 2.48. The third kappa shape index (κ3) is 3.74. The molecule has 0 aromatic heterocycles. The molecule has 2 heterocycles. The van der Waals surface area contributed by atoms with Crippen molar-refractivity contribution in [1.82, 2.24) is 9.80 Å². The molecule has 0 N–H and O–H groups in total. The topological polar surface area (TPSA) is 32.8 Å². The first-order chi connectivity index (χ1) is 13.0. The summed E-state index contributed by atoms with van der Waals surface area (Å²) < 4.78 is 32.7. The van der Waals surface area contributed by atoms with Crippen LogP contribution in [0.2, 0.25) is 0 Å². The Labute approximate surface area is 159 Å². The first-order valence-electron chi connectivity index (χ1n) is 10.1. The Morgan fingerprint density at radius 1 is 1.26 bits per heavy atom. The zero-order valence-corrected chi connectivity index (χ0v) is 15.9. The quantitative estimate of drug-likeness (QED) is 0.807. The molecule has 1 amide bonds. The largest absolute Gasteiger partial charge is 0.375 e. The number of ether oxygens (including phenoxy) is 1. The van der Waals surface area contributed by atoms with E-state index in [9.17, 15) is 13.6 Å². The van der Waals surface area contributed by atoms with Gasteiger partial charge in [-0.2, -0.15) is 0 Å². The second-order valence-corrected chi connectivity index (χ2v) is 8.33. The molecule has 0 radical (unpaired) electrons. The zero-order valence-electron chi connectivity index (χ0n) is 15.9. The first kappa shape index (κ1) is 18.8. The van der Waals surface area contributed by atoms with Crippen molar-refractivity contribution in [1.29, 1.82) is 0 Å². The minimum absolute atomic E-state index is 0.000724. The van der Waals surface area contributed by atoms with E-state index in [0.29, 0.717) is 11.6 Å². The van der Waals surface area contributed by atoms with Crippen LogP contribution in [0, 0.1) is 11.6 Å². The van der Waals surface area contributed by atoms with E-state index in [0.717, 1.165) is 63.9 Å². The van der Waals surface area contributed by atoms with Gasteiger partial charge in [0.15, 0.2) is 11.6 Å². The summed E-state index contributed by atoms with van der Waals surface area (Å²) in [5, 5.41) is 0. The lowest BCUT2D eigenvalue weighted by atomic mass is 9.75. The number of rotatable bonds is 4. The lowest BCUT2D eigenvalue weighted by molar-refractivity contribution is -0.138. The molecule has 2 aliphatic heterocycles. The predicted octanol–water partition coefficient (Wildman–Crippen LogP) is 3.14. The molecule has 3 unspecified atom stereocenters. The zero-order chi connectivity index (χ0) is 19.0. The van der Waals surface area contributed by atoms with E-state index in [2.05, 4.69) is 4.90 Å². The van der Waals surface area contributed by atoms with Crippen LogP contribution < -0.4 is 0 Å². The molecule has 1 aliphatic carbocycles. The maximum Gasteiger partial charge on any atom is 0.227 e. The molecule has 1 aromatic rings. The molecule has 1 saturated carbocycles. The van der Waals surface area contributed by atoms with Gasteiger partial charge in [-0.15, -0.1) is 0 Å². The molecule has 4 rings (SSSR count). The first-order valence-corrected chi connectivity index (χ1v) is 10.1. The number of halogens is 2. The Hall–Kier alpha value is -1.53. The molecule has 2 saturated heterocycles. The minimum atomic E-state index is -0.903. The fourth-order valence-electron chi connectivity index (χ4n) is 4.97. The Morgan fingerprint density at radius 2 is 2.07 bits per heavy atom. The number of hydrogen-bond acceptors (Lipinski definition) is 3. The Bertz CT molecular complexity index is 701. The van der Waals surface area contributed by atoms with Crippen LogP contribution in [0.25, 0.3) is 0 Å². The van der Waals surface area contributed by atoms with Crippen molar-refractivity contribution >= 4 is 5.91 Å². The lowest BCUT2D eigenvalue weighted by Crippen LogP contribution is -2.61. The van der Waals surface area contributed by atoms with Gasteiger partial charge in [0.2, 0.25) is 5.91 Å². The van der Waals surface area contributed by atoms with Gasteiger partial charge in [0, 0.05) is 25.7 Å². The van der Waals surface area contributed by atoms with E-state index < -0.39 is 11.6 Å². The van der Waals surface area contributed by atoms with Crippen LogP contribution in [0.4, 0.5) is 8.78 Å². The maximum absolute atomic E-state index is 13.5. The van der Waals surface area contributed by atoms with Crippen LogP contribution in [-0.2, 0) is 16.0 Å². The van der Waals surface area contributed by atoms with Crippen LogP contribution in [0.5, 0.6) is 0 Å². The third-order valence-corrected chi connectivity index (χ3v) is 6.70. The second-order valence-electron chi connectivity index (χ2n) is 8.33. The Balaban J connectivity index is 1.46. The van der Waals surface area contributed by atoms with Crippen molar-refractivity contribution < 1.29 is 18.3 Å². The van der Waals surface area contributed by atoms with E-state index in [1.807, 2.05) is 11.9 Å². The van der Waals surface area contributed by atoms with Crippen molar-refractivity contribution in [2.24, 2.45) is 0 Å². The molecule has 3 atom stereocenters. The standard InChI is InChI=1S/C21H28F2N2O2/c1-24(20(26)13-15-4-5-16(22)17(23)12-15)18-6-8-21(7-2-11-27-21)14-19(18)25-9-3-10-25/h4-5,12,18-19H,2-3,6-11,13-14H2,1H3. The van der Waals surface area contributed by atoms with Gasteiger partial charge in [0.05, 0.1) is 12.0 Å². The number of carbonyl (C=O) groups is 1. The molecular weight excluding hydrogens is 350 g/mol. The van der Waals surface area contributed by atoms with Crippen LogP contribution in [0.15, 0.2) is 18.2 Å². The van der Waals surface area contributed by atoms with E-state index in [4.69, 9.17) is 4.74 Å².